The van der Waals surface area contributed by atoms with Gasteiger partial charge in [-0.05, 0) is 62.7 Å². The number of carbonyl (C=O) groups excluding carboxylic acids is 1. The predicted molar refractivity (Wildman–Crippen MR) is 70.4 cm³/mol. The third-order valence-electron chi connectivity index (χ3n) is 5.45. The highest BCUT2D eigenvalue weighted by atomic mass is 16.2. The van der Waals surface area contributed by atoms with Crippen LogP contribution in [0.5, 0.6) is 0 Å². The number of nitrogens with two attached hydrogens (primary N) is 1. The second-order valence-corrected chi connectivity index (χ2v) is 6.48. The van der Waals surface area contributed by atoms with Crippen molar-refractivity contribution in [2.45, 2.75) is 45.1 Å². The molecule has 0 aliphatic heterocycles. The van der Waals surface area contributed by atoms with Gasteiger partial charge in [0.15, 0.2) is 0 Å². The molecule has 0 spiro atoms. The van der Waals surface area contributed by atoms with E-state index in [2.05, 4.69) is 17.2 Å². The van der Waals surface area contributed by atoms with Crippen LogP contribution in [0, 0.1) is 23.7 Å². The molecule has 4 aliphatic carbocycles. The Balaban J connectivity index is 1.76. The first kappa shape index (κ1) is 12.4. The first-order valence-corrected chi connectivity index (χ1v) is 7.45. The van der Waals surface area contributed by atoms with Crippen molar-refractivity contribution >= 4 is 5.91 Å². The number of rotatable bonds is 4. The minimum atomic E-state index is 0.178. The summed E-state index contributed by atoms with van der Waals surface area (Å²) in [6.45, 7) is 3.20. The van der Waals surface area contributed by atoms with E-state index in [1.54, 1.807) is 0 Å². The molecular weight excluding hydrogens is 226 g/mol. The van der Waals surface area contributed by atoms with E-state index in [1.165, 1.54) is 32.1 Å². The van der Waals surface area contributed by atoms with E-state index in [1.807, 2.05) is 0 Å². The molecule has 0 heterocycles. The van der Waals surface area contributed by atoms with Crippen molar-refractivity contribution < 1.29 is 4.79 Å². The fourth-order valence-corrected chi connectivity index (χ4v) is 5.15. The average Bonchev–Trinajstić information content (AvgIpc) is 2.33. The summed E-state index contributed by atoms with van der Waals surface area (Å²) >= 11 is 0. The van der Waals surface area contributed by atoms with Crippen molar-refractivity contribution in [2.75, 3.05) is 13.1 Å². The van der Waals surface area contributed by atoms with Crippen molar-refractivity contribution in [2.24, 2.45) is 29.5 Å². The zero-order valence-electron chi connectivity index (χ0n) is 11.3. The summed E-state index contributed by atoms with van der Waals surface area (Å²) in [6.07, 6.45) is 6.90. The van der Waals surface area contributed by atoms with Crippen molar-refractivity contribution in [1.29, 1.82) is 0 Å². The molecule has 4 saturated carbocycles. The largest absolute Gasteiger partial charge is 0.338 e. The van der Waals surface area contributed by atoms with E-state index >= 15 is 0 Å². The normalized spacial score (nSPS) is 41.1. The van der Waals surface area contributed by atoms with Crippen molar-refractivity contribution in [3.8, 4) is 0 Å². The van der Waals surface area contributed by atoms with Crippen molar-refractivity contribution in [3.63, 3.8) is 0 Å². The second kappa shape index (κ2) is 4.82. The highest BCUT2D eigenvalue weighted by Crippen LogP contribution is 2.55. The molecule has 4 heteroatoms. The molecule has 0 atom stereocenters. The first-order valence-electron chi connectivity index (χ1n) is 7.45. The van der Waals surface area contributed by atoms with Crippen LogP contribution in [0.1, 0.15) is 39.0 Å². The molecule has 4 bridgehead atoms. The number of nitrogens with one attached hydrogen (secondary N) is 1. The van der Waals surface area contributed by atoms with Crippen LogP contribution in [0.2, 0.25) is 0 Å². The molecule has 0 aromatic heterocycles. The van der Waals surface area contributed by atoms with Crippen LogP contribution in [-0.2, 0) is 4.79 Å². The molecule has 4 fully saturated rings. The van der Waals surface area contributed by atoms with Crippen LogP contribution in [-0.4, -0.2) is 29.9 Å². The smallest absolute Gasteiger partial charge is 0.238 e. The van der Waals surface area contributed by atoms with Gasteiger partial charge >= 0.3 is 0 Å². The van der Waals surface area contributed by atoms with E-state index in [4.69, 9.17) is 5.84 Å². The number of hydrazine groups is 1. The Labute approximate surface area is 109 Å². The van der Waals surface area contributed by atoms with E-state index < -0.39 is 0 Å². The van der Waals surface area contributed by atoms with Crippen LogP contribution in [0.15, 0.2) is 0 Å². The summed E-state index contributed by atoms with van der Waals surface area (Å²) in [5, 5.41) is 0. The number of likely N-dealkylation sites (N-methyl/N-ethyl adjacent to an activating group) is 1. The standard InChI is InChI=1S/C14H25N3O/c1-2-17(13(18)8-16-15)14-11-4-9-3-10(6-11)7-12(14)5-9/h9-12,14,16H,2-8,15H2,1H3. The van der Waals surface area contributed by atoms with Crippen molar-refractivity contribution in [3.05, 3.63) is 0 Å². The minimum Gasteiger partial charge on any atom is -0.338 e. The predicted octanol–water partition coefficient (Wildman–Crippen LogP) is 1.12. The van der Waals surface area contributed by atoms with Crippen LogP contribution >= 0.6 is 0 Å². The molecule has 1 amide bonds. The van der Waals surface area contributed by atoms with Gasteiger partial charge in [-0.3, -0.25) is 16.1 Å². The van der Waals surface area contributed by atoms with Gasteiger partial charge in [-0.15, -0.1) is 0 Å². The number of hydrogen-bond donors (Lipinski definition) is 2. The fraction of sp³-hybridized carbons (Fsp3) is 0.929. The molecule has 18 heavy (non-hydrogen) atoms. The summed E-state index contributed by atoms with van der Waals surface area (Å²) in [4.78, 5) is 14.3. The molecule has 4 aliphatic rings. The summed E-state index contributed by atoms with van der Waals surface area (Å²) < 4.78 is 0. The lowest BCUT2D eigenvalue weighted by molar-refractivity contribution is -0.142. The molecule has 0 aromatic carbocycles. The number of nitrogens with zero attached hydrogens (tertiary/aromatic N) is 1. The van der Waals surface area contributed by atoms with Gasteiger partial charge in [0.2, 0.25) is 5.91 Å². The van der Waals surface area contributed by atoms with Gasteiger partial charge in [-0.25, -0.2) is 0 Å². The van der Waals surface area contributed by atoms with Crippen LogP contribution in [0.4, 0.5) is 0 Å². The molecule has 4 rings (SSSR count). The maximum Gasteiger partial charge on any atom is 0.238 e. The summed E-state index contributed by atoms with van der Waals surface area (Å²) in [6, 6.07) is 0.503. The van der Waals surface area contributed by atoms with E-state index in [0.29, 0.717) is 6.04 Å². The minimum absolute atomic E-state index is 0.178. The molecule has 0 saturated heterocycles. The van der Waals surface area contributed by atoms with Crippen LogP contribution in [0.3, 0.4) is 0 Å². The lowest BCUT2D eigenvalue weighted by atomic mass is 9.54. The monoisotopic (exact) mass is 251 g/mol. The van der Waals surface area contributed by atoms with Gasteiger partial charge < -0.3 is 4.90 Å². The van der Waals surface area contributed by atoms with Gasteiger partial charge in [-0.2, -0.15) is 0 Å². The Kier molecular flexibility index (Phi) is 3.32. The molecule has 0 unspecified atom stereocenters. The SMILES string of the molecule is CCN(C(=O)CNN)C1C2CC3CC(C2)CC1C3. The Morgan fingerprint density at radius 1 is 1.17 bits per heavy atom. The van der Waals surface area contributed by atoms with E-state index in [0.717, 1.165) is 30.2 Å². The quantitative estimate of drug-likeness (QED) is 0.581. The summed E-state index contributed by atoms with van der Waals surface area (Å²) in [5.74, 6) is 8.94. The zero-order chi connectivity index (χ0) is 12.7. The topological polar surface area (TPSA) is 58.4 Å². The van der Waals surface area contributed by atoms with Gasteiger partial charge in [0.05, 0.1) is 6.54 Å². The molecule has 3 N–H and O–H groups in total. The first-order chi connectivity index (χ1) is 8.72. The number of amides is 1. The maximum absolute atomic E-state index is 12.2. The third-order valence-corrected chi connectivity index (χ3v) is 5.45. The highest BCUT2D eigenvalue weighted by Gasteiger charge is 2.50. The Morgan fingerprint density at radius 2 is 1.72 bits per heavy atom. The summed E-state index contributed by atoms with van der Waals surface area (Å²) in [7, 11) is 0. The molecule has 0 aromatic rings. The molecule has 102 valence electrons. The molecule has 4 nitrogen and oxygen atoms in total. The zero-order valence-corrected chi connectivity index (χ0v) is 11.3. The Bertz CT molecular complexity index is 303. The van der Waals surface area contributed by atoms with Gasteiger partial charge in [0, 0.05) is 12.6 Å². The van der Waals surface area contributed by atoms with Gasteiger partial charge in [0.1, 0.15) is 0 Å². The van der Waals surface area contributed by atoms with E-state index in [-0.39, 0.29) is 12.5 Å². The summed E-state index contributed by atoms with van der Waals surface area (Å²) in [5.41, 5.74) is 2.51. The van der Waals surface area contributed by atoms with Gasteiger partial charge in [-0.1, -0.05) is 0 Å². The van der Waals surface area contributed by atoms with Crippen molar-refractivity contribution in [1.82, 2.24) is 10.3 Å². The Morgan fingerprint density at radius 3 is 2.17 bits per heavy atom. The van der Waals surface area contributed by atoms with E-state index in [9.17, 15) is 4.79 Å². The molecule has 0 radical (unpaired) electrons. The number of carbonyl (C=O) groups is 1. The second-order valence-electron chi connectivity index (χ2n) is 6.48. The lowest BCUT2D eigenvalue weighted by Crippen LogP contribution is -2.58. The Hall–Kier alpha value is -0.610. The molecular formula is C14H25N3O. The van der Waals surface area contributed by atoms with Crippen LogP contribution < -0.4 is 11.3 Å². The third kappa shape index (κ3) is 1.95. The lowest BCUT2D eigenvalue weighted by Gasteiger charge is -2.57. The number of hydrogen-bond acceptors (Lipinski definition) is 3. The highest BCUT2D eigenvalue weighted by molar-refractivity contribution is 5.78. The average molecular weight is 251 g/mol. The van der Waals surface area contributed by atoms with Crippen LogP contribution in [0.25, 0.3) is 0 Å². The van der Waals surface area contributed by atoms with Gasteiger partial charge in [0.25, 0.3) is 0 Å². The fourth-order valence-electron chi connectivity index (χ4n) is 5.15. The maximum atomic E-state index is 12.2.